The van der Waals surface area contributed by atoms with Gasteiger partial charge in [0.2, 0.25) is 27.7 Å². The molecule has 14 nitrogen and oxygen atoms in total. The van der Waals surface area contributed by atoms with Crippen LogP contribution in [0.2, 0.25) is 0 Å². The lowest BCUT2D eigenvalue weighted by molar-refractivity contribution is -0.134. The Bertz CT molecular complexity index is 2030. The van der Waals surface area contributed by atoms with Crippen LogP contribution < -0.4 is 20.1 Å². The van der Waals surface area contributed by atoms with Gasteiger partial charge in [0.25, 0.3) is 5.91 Å². The molecule has 7 rings (SSSR count). The van der Waals surface area contributed by atoms with Gasteiger partial charge in [-0.2, -0.15) is 8.78 Å². The number of benzene rings is 1. The summed E-state index contributed by atoms with van der Waals surface area (Å²) in [6.07, 6.45) is 7.20. The van der Waals surface area contributed by atoms with E-state index >= 15 is 8.78 Å². The predicted molar refractivity (Wildman–Crippen MR) is 204 cm³/mol. The molecule has 4 amide bonds. The lowest BCUT2D eigenvalue weighted by Crippen LogP contribution is -2.55. The van der Waals surface area contributed by atoms with Gasteiger partial charge < -0.3 is 25.0 Å². The molecule has 5 atom stereocenters. The summed E-state index contributed by atoms with van der Waals surface area (Å²) in [6, 6.07) is 5.46. The fourth-order valence-electron chi connectivity index (χ4n) is 8.19. The predicted octanol–water partition coefficient (Wildman–Crippen LogP) is 5.02. The van der Waals surface area contributed by atoms with E-state index in [2.05, 4.69) is 25.3 Å². The Balaban J connectivity index is 1.27. The Labute approximate surface area is 331 Å². The van der Waals surface area contributed by atoms with Gasteiger partial charge in [-0.25, -0.2) is 23.2 Å². The molecule has 1 unspecified atom stereocenters. The van der Waals surface area contributed by atoms with E-state index in [0.29, 0.717) is 51.4 Å². The Morgan fingerprint density at radius 2 is 1.65 bits per heavy atom. The van der Waals surface area contributed by atoms with Crippen molar-refractivity contribution in [2.75, 3.05) is 19.7 Å². The summed E-state index contributed by atoms with van der Waals surface area (Å²) < 4.78 is 72.3. The zero-order valence-corrected chi connectivity index (χ0v) is 33.3. The number of nitrogens with zero attached hydrogens (tertiary/aromatic N) is 3. The maximum atomic E-state index is 16.2. The van der Waals surface area contributed by atoms with Crippen molar-refractivity contribution in [2.45, 2.75) is 126 Å². The molecule has 1 aromatic heterocycles. The summed E-state index contributed by atoms with van der Waals surface area (Å²) >= 11 is 0. The van der Waals surface area contributed by atoms with Crippen LogP contribution in [0.4, 0.5) is 13.6 Å². The molecule has 2 aromatic rings. The van der Waals surface area contributed by atoms with Gasteiger partial charge in [-0.3, -0.25) is 19.1 Å². The van der Waals surface area contributed by atoms with Crippen LogP contribution in [-0.4, -0.2) is 89.7 Å². The highest BCUT2D eigenvalue weighted by molar-refractivity contribution is 7.91. The average molecular weight is 815 g/mol. The number of para-hydroxylation sites is 2. The van der Waals surface area contributed by atoms with E-state index in [1.165, 1.54) is 11.0 Å². The number of ether oxygens (including phenoxy) is 2. The number of cyclic esters (lactones) is 1. The van der Waals surface area contributed by atoms with E-state index in [-0.39, 0.29) is 43.1 Å². The number of aromatic nitrogens is 2. The minimum absolute atomic E-state index is 0.0375. The minimum Gasteiger partial charge on any atom is -0.470 e. The van der Waals surface area contributed by atoms with Crippen LogP contribution in [0.3, 0.4) is 0 Å². The molecule has 4 heterocycles. The molecule has 310 valence electrons. The molecule has 4 bridgehead atoms. The Morgan fingerprint density at radius 3 is 2.39 bits per heavy atom. The number of carbonyl (C=O) groups excluding carboxylic acids is 4. The standard InChI is InChI=1S/C40H52F2N6O8S/c1-38(2)19-11-6-12-20-40(41,42)32-34(44-29-15-10-9-14-28(29)43-32)56-31-23-48-22-27(31)33(49)46-39(36(51)47-57(53,54)26-17-18-26)21-25(39)13-7-4-3-5-8-16-30(35(48)50)45-37(52)55-24-38/h9-10,12,14-15,20,25-27,30-31H,3-8,11,13,16-19,21-24H2,1-2H3,(H,45,52)(H,46,49)(H,47,51)/b20-12+/t25-,27?,30+,31+,39+/m1/s1. The summed E-state index contributed by atoms with van der Waals surface area (Å²) in [6.45, 7) is 3.37. The van der Waals surface area contributed by atoms with Gasteiger partial charge >= 0.3 is 12.0 Å². The van der Waals surface area contributed by atoms with Crippen molar-refractivity contribution >= 4 is 44.9 Å². The SMILES string of the molecule is CC1(C)CCC/C=C/C(F)(F)c2nc3ccccc3nc2O[C@H]2CN3CC2C(=O)N[C@@]2(C(=O)NS(=O)(=O)C4CC4)C[C@H]2CCCCCCC[C@H](NC(=O)OC1)C3=O. The highest BCUT2D eigenvalue weighted by atomic mass is 32.2. The molecule has 0 spiro atoms. The number of amides is 4. The largest absolute Gasteiger partial charge is 0.470 e. The smallest absolute Gasteiger partial charge is 0.407 e. The summed E-state index contributed by atoms with van der Waals surface area (Å²) in [5, 5.41) is 4.94. The Hall–Kier alpha value is -4.41. The Morgan fingerprint density at radius 1 is 0.947 bits per heavy atom. The third kappa shape index (κ3) is 9.33. The number of fused-ring (bicyclic) bond motifs is 7. The van der Waals surface area contributed by atoms with E-state index < -0.39 is 85.6 Å². The lowest BCUT2D eigenvalue weighted by atomic mass is 9.88. The molecule has 5 aliphatic rings. The number of halogens is 2. The molecule has 17 heteroatoms. The van der Waals surface area contributed by atoms with Gasteiger partial charge in [-0.1, -0.05) is 64.2 Å². The van der Waals surface area contributed by atoms with Crippen molar-refractivity contribution < 1.29 is 45.9 Å². The number of sulfonamides is 1. The molecule has 2 aliphatic carbocycles. The first-order chi connectivity index (χ1) is 27.1. The third-order valence-electron chi connectivity index (χ3n) is 11.9. The van der Waals surface area contributed by atoms with Gasteiger partial charge in [0, 0.05) is 6.54 Å². The molecule has 57 heavy (non-hydrogen) atoms. The van der Waals surface area contributed by atoms with Gasteiger partial charge in [0.1, 0.15) is 17.7 Å². The average Bonchev–Trinajstić information content (AvgIpc) is 4.09. The van der Waals surface area contributed by atoms with Gasteiger partial charge in [0.15, 0.2) is 5.69 Å². The fraction of sp³-hybridized carbons (Fsp3) is 0.650. The molecular weight excluding hydrogens is 763 g/mol. The maximum Gasteiger partial charge on any atom is 0.407 e. The van der Waals surface area contributed by atoms with Crippen LogP contribution in [0, 0.1) is 17.3 Å². The van der Waals surface area contributed by atoms with Crippen LogP contribution in [0.1, 0.15) is 103 Å². The first-order valence-corrected chi connectivity index (χ1v) is 21.7. The highest BCUT2D eigenvalue weighted by Gasteiger charge is 2.62. The van der Waals surface area contributed by atoms with Crippen LogP contribution in [-0.2, 0) is 35.1 Å². The van der Waals surface area contributed by atoms with Crippen molar-refractivity contribution in [1.82, 2.24) is 30.2 Å². The summed E-state index contributed by atoms with van der Waals surface area (Å²) in [7, 11) is -3.94. The first kappa shape index (κ1) is 40.8. The molecule has 3 aliphatic heterocycles. The molecule has 4 fully saturated rings. The third-order valence-corrected chi connectivity index (χ3v) is 13.7. The number of hydrogen-bond donors (Lipinski definition) is 3. The normalized spacial score (nSPS) is 30.6. The van der Waals surface area contributed by atoms with E-state index in [4.69, 9.17) is 9.47 Å². The van der Waals surface area contributed by atoms with Crippen molar-refractivity contribution in [1.29, 1.82) is 0 Å². The molecule has 1 aromatic carbocycles. The number of carbonyl (C=O) groups is 4. The first-order valence-electron chi connectivity index (χ1n) is 20.2. The van der Waals surface area contributed by atoms with E-state index in [1.807, 2.05) is 13.8 Å². The second kappa shape index (κ2) is 16.1. The second-order valence-corrected chi connectivity index (χ2v) is 19.1. The topological polar surface area (TPSA) is 186 Å². The number of alkyl halides is 2. The van der Waals surface area contributed by atoms with E-state index in [0.717, 1.165) is 31.8 Å². The zero-order valence-electron chi connectivity index (χ0n) is 32.4. The monoisotopic (exact) mass is 814 g/mol. The summed E-state index contributed by atoms with van der Waals surface area (Å²) in [4.78, 5) is 65.9. The quantitative estimate of drug-likeness (QED) is 0.356. The van der Waals surface area contributed by atoms with Crippen LogP contribution in [0.5, 0.6) is 5.88 Å². The molecule has 2 saturated heterocycles. The summed E-state index contributed by atoms with van der Waals surface area (Å²) in [5.74, 6) is -7.74. The van der Waals surface area contributed by atoms with E-state index in [1.54, 1.807) is 24.3 Å². The molecule has 0 radical (unpaired) electrons. The van der Waals surface area contributed by atoms with Gasteiger partial charge in [-0.15, -0.1) is 0 Å². The molecule has 3 N–H and O–H groups in total. The van der Waals surface area contributed by atoms with Crippen molar-refractivity contribution in [3.05, 3.63) is 42.1 Å². The van der Waals surface area contributed by atoms with Crippen LogP contribution >= 0.6 is 0 Å². The molecule has 2 saturated carbocycles. The number of allylic oxidation sites excluding steroid dienone is 2. The number of nitrogens with one attached hydrogen (secondary N) is 3. The zero-order chi connectivity index (χ0) is 40.6. The number of alkyl carbamates (subject to hydrolysis) is 1. The Kier molecular flexibility index (Phi) is 11.5. The fourth-order valence-corrected chi connectivity index (χ4v) is 9.55. The second-order valence-electron chi connectivity index (χ2n) is 17.1. The van der Waals surface area contributed by atoms with Crippen LogP contribution in [0.15, 0.2) is 36.4 Å². The van der Waals surface area contributed by atoms with Crippen molar-refractivity contribution in [3.8, 4) is 5.88 Å². The van der Waals surface area contributed by atoms with Crippen molar-refractivity contribution in [2.24, 2.45) is 17.3 Å². The summed E-state index contributed by atoms with van der Waals surface area (Å²) in [5.41, 5.74) is -2.29. The maximum absolute atomic E-state index is 16.2. The molecular formula is C40H52F2N6O8S. The number of hydrogen-bond acceptors (Lipinski definition) is 10. The van der Waals surface area contributed by atoms with Gasteiger partial charge in [-0.05, 0) is 80.9 Å². The van der Waals surface area contributed by atoms with Crippen molar-refractivity contribution in [3.63, 3.8) is 0 Å². The van der Waals surface area contributed by atoms with E-state index in [9.17, 15) is 27.6 Å². The van der Waals surface area contributed by atoms with Crippen LogP contribution in [0.25, 0.3) is 11.0 Å². The lowest BCUT2D eigenvalue weighted by Gasteiger charge is -2.27. The highest BCUT2D eigenvalue weighted by Crippen LogP contribution is 2.48. The minimum atomic E-state index is -3.94. The van der Waals surface area contributed by atoms with Gasteiger partial charge in [0.05, 0.1) is 35.4 Å². The number of rotatable bonds is 3.